The number of carbonyl (C=O) groups is 1. The molecule has 1 aliphatic rings. The number of benzene rings is 2. The number of ether oxygens (including phenoxy) is 1. The summed E-state index contributed by atoms with van der Waals surface area (Å²) in [5.74, 6) is 0.512. The lowest BCUT2D eigenvalue weighted by Crippen LogP contribution is -2.41. The molecule has 10 heteroatoms. The Morgan fingerprint density at radius 2 is 1.71 bits per heavy atom. The zero-order valence-electron chi connectivity index (χ0n) is 19.9. The van der Waals surface area contributed by atoms with Gasteiger partial charge in [-0.25, -0.2) is 8.42 Å². The second kappa shape index (κ2) is 11.0. The molecule has 1 saturated carbocycles. The Bertz CT molecular complexity index is 1230. The first-order valence-corrected chi connectivity index (χ1v) is 13.4. The lowest BCUT2D eigenvalue weighted by Gasteiger charge is -2.32. The monoisotopic (exact) mass is 498 g/mol. The van der Waals surface area contributed by atoms with Gasteiger partial charge in [-0.2, -0.15) is 4.31 Å². The van der Waals surface area contributed by atoms with Gasteiger partial charge in [0.15, 0.2) is 0 Å². The highest BCUT2D eigenvalue weighted by Gasteiger charge is 2.31. The molecule has 4 rings (SSSR count). The van der Waals surface area contributed by atoms with Gasteiger partial charge in [0.1, 0.15) is 5.75 Å². The maximum atomic E-state index is 13.2. The lowest BCUT2D eigenvalue weighted by atomic mass is 9.95. The van der Waals surface area contributed by atoms with Crippen LogP contribution in [0.2, 0.25) is 0 Å². The van der Waals surface area contributed by atoms with E-state index in [-0.39, 0.29) is 28.4 Å². The molecule has 0 atom stereocenters. The Morgan fingerprint density at radius 1 is 1.03 bits per heavy atom. The van der Waals surface area contributed by atoms with Crippen molar-refractivity contribution in [2.75, 3.05) is 18.5 Å². The van der Waals surface area contributed by atoms with Gasteiger partial charge in [-0.1, -0.05) is 31.3 Å². The summed E-state index contributed by atoms with van der Waals surface area (Å²) in [4.78, 5) is 12.8. The van der Waals surface area contributed by atoms with E-state index in [1.54, 1.807) is 28.6 Å². The average molecular weight is 499 g/mol. The van der Waals surface area contributed by atoms with Crippen LogP contribution in [-0.4, -0.2) is 48.0 Å². The summed E-state index contributed by atoms with van der Waals surface area (Å²) >= 11 is 0. The molecule has 1 aliphatic carbocycles. The summed E-state index contributed by atoms with van der Waals surface area (Å²) in [6.45, 7) is 4.76. The van der Waals surface area contributed by atoms with Crippen molar-refractivity contribution in [2.24, 2.45) is 0 Å². The van der Waals surface area contributed by atoms with E-state index in [4.69, 9.17) is 9.15 Å². The Labute approximate surface area is 205 Å². The fourth-order valence-corrected chi connectivity index (χ4v) is 6.02. The molecule has 1 fully saturated rings. The number of nitrogens with one attached hydrogen (secondary N) is 1. The van der Waals surface area contributed by atoms with Gasteiger partial charge in [0.25, 0.3) is 5.91 Å². The molecule has 3 aromatic rings. The quantitative estimate of drug-likeness (QED) is 0.453. The molecule has 1 N–H and O–H groups in total. The first kappa shape index (κ1) is 24.9. The van der Waals surface area contributed by atoms with Crippen molar-refractivity contribution in [1.29, 1.82) is 0 Å². The van der Waals surface area contributed by atoms with Gasteiger partial charge in [-0.3, -0.25) is 10.1 Å². The van der Waals surface area contributed by atoms with Crippen LogP contribution >= 0.6 is 0 Å². The molecule has 0 spiro atoms. The fraction of sp³-hybridized carbons (Fsp3) is 0.400. The van der Waals surface area contributed by atoms with Gasteiger partial charge in [-0.15, -0.1) is 5.10 Å². The number of aromatic nitrogens is 2. The van der Waals surface area contributed by atoms with Gasteiger partial charge in [-0.05, 0) is 68.3 Å². The van der Waals surface area contributed by atoms with Crippen molar-refractivity contribution in [3.05, 3.63) is 54.1 Å². The fourth-order valence-electron chi connectivity index (χ4n) is 4.33. The normalized spacial score (nSPS) is 14.7. The first-order valence-electron chi connectivity index (χ1n) is 11.9. The van der Waals surface area contributed by atoms with Crippen LogP contribution in [0, 0.1) is 0 Å². The standard InChI is InChI=1S/C25H30N4O5S/c1-3-29(20-8-6-5-7-9-20)35(31,32)22-16-12-18(13-17-22)23(30)26-25-28-27-24(34-25)19-10-14-21(15-11-19)33-4-2/h10-17,20H,3-9H2,1-2H3,(H,26,28,30). The highest BCUT2D eigenvalue weighted by Crippen LogP contribution is 2.28. The van der Waals surface area contributed by atoms with Crippen molar-refractivity contribution >= 4 is 21.9 Å². The van der Waals surface area contributed by atoms with E-state index in [1.807, 2.05) is 13.8 Å². The maximum Gasteiger partial charge on any atom is 0.322 e. The number of nitrogens with zero attached hydrogens (tertiary/aromatic N) is 3. The molecule has 1 aromatic heterocycles. The van der Waals surface area contributed by atoms with E-state index in [0.29, 0.717) is 18.7 Å². The predicted octanol–water partition coefficient (Wildman–Crippen LogP) is 4.73. The number of sulfonamides is 1. The maximum absolute atomic E-state index is 13.2. The molecule has 0 bridgehead atoms. The number of hydrogen-bond acceptors (Lipinski definition) is 7. The van der Waals surface area contributed by atoms with E-state index in [0.717, 1.165) is 37.9 Å². The summed E-state index contributed by atoms with van der Waals surface area (Å²) in [7, 11) is -3.63. The van der Waals surface area contributed by atoms with Gasteiger partial charge < -0.3 is 9.15 Å². The molecular weight excluding hydrogens is 468 g/mol. The molecule has 9 nitrogen and oxygen atoms in total. The van der Waals surface area contributed by atoms with E-state index < -0.39 is 15.9 Å². The highest BCUT2D eigenvalue weighted by atomic mass is 32.2. The molecule has 1 amide bonds. The van der Waals surface area contributed by atoms with Crippen LogP contribution in [0.15, 0.2) is 57.8 Å². The smallest absolute Gasteiger partial charge is 0.322 e. The zero-order chi connectivity index (χ0) is 24.8. The van der Waals surface area contributed by atoms with Crippen molar-refractivity contribution in [3.8, 4) is 17.2 Å². The number of carbonyl (C=O) groups excluding carboxylic acids is 1. The van der Waals surface area contributed by atoms with E-state index in [2.05, 4.69) is 15.5 Å². The second-order valence-corrected chi connectivity index (χ2v) is 10.2. The van der Waals surface area contributed by atoms with Crippen LogP contribution in [-0.2, 0) is 10.0 Å². The molecule has 0 radical (unpaired) electrons. The largest absolute Gasteiger partial charge is 0.494 e. The van der Waals surface area contributed by atoms with E-state index in [1.165, 1.54) is 24.3 Å². The lowest BCUT2D eigenvalue weighted by molar-refractivity contribution is 0.102. The van der Waals surface area contributed by atoms with Gasteiger partial charge in [0.05, 0.1) is 11.5 Å². The highest BCUT2D eigenvalue weighted by molar-refractivity contribution is 7.89. The third-order valence-electron chi connectivity index (χ3n) is 6.07. The van der Waals surface area contributed by atoms with E-state index >= 15 is 0 Å². The van der Waals surface area contributed by atoms with Crippen LogP contribution in [0.4, 0.5) is 6.01 Å². The first-order chi connectivity index (χ1) is 16.9. The van der Waals surface area contributed by atoms with Gasteiger partial charge >= 0.3 is 6.01 Å². The van der Waals surface area contributed by atoms with Crippen LogP contribution in [0.25, 0.3) is 11.5 Å². The molecule has 186 valence electrons. The van der Waals surface area contributed by atoms with Gasteiger partial charge in [0.2, 0.25) is 15.9 Å². The molecule has 0 saturated heterocycles. The Morgan fingerprint density at radius 3 is 2.34 bits per heavy atom. The number of amides is 1. The zero-order valence-corrected chi connectivity index (χ0v) is 20.8. The molecular formula is C25H30N4O5S. The molecule has 35 heavy (non-hydrogen) atoms. The number of anilines is 1. The topological polar surface area (TPSA) is 115 Å². The Kier molecular flexibility index (Phi) is 7.82. The van der Waals surface area contributed by atoms with Crippen LogP contribution in [0.3, 0.4) is 0 Å². The Hall–Kier alpha value is -3.24. The minimum atomic E-state index is -3.63. The third kappa shape index (κ3) is 5.71. The van der Waals surface area contributed by atoms with E-state index in [9.17, 15) is 13.2 Å². The third-order valence-corrected chi connectivity index (χ3v) is 8.12. The summed E-state index contributed by atoms with van der Waals surface area (Å²) in [5, 5.41) is 10.4. The number of rotatable bonds is 9. The SMILES string of the molecule is CCOc1ccc(-c2nnc(NC(=O)c3ccc(S(=O)(=O)N(CC)C4CCCCC4)cc3)o2)cc1. The molecule has 0 aliphatic heterocycles. The molecule has 0 unspecified atom stereocenters. The number of hydrogen-bond donors (Lipinski definition) is 1. The summed E-state index contributed by atoms with van der Waals surface area (Å²) < 4.78 is 39.0. The molecule has 1 heterocycles. The molecule has 2 aromatic carbocycles. The van der Waals surface area contributed by atoms with Crippen LogP contribution < -0.4 is 10.1 Å². The minimum Gasteiger partial charge on any atom is -0.494 e. The summed E-state index contributed by atoms with van der Waals surface area (Å²) in [6.07, 6.45) is 5.02. The van der Waals surface area contributed by atoms with Crippen LogP contribution in [0.5, 0.6) is 5.75 Å². The van der Waals surface area contributed by atoms with Crippen molar-refractivity contribution in [1.82, 2.24) is 14.5 Å². The summed E-state index contributed by atoms with van der Waals surface area (Å²) in [5.41, 5.74) is 0.972. The Balaban J connectivity index is 1.43. The van der Waals surface area contributed by atoms with Crippen molar-refractivity contribution < 1.29 is 22.4 Å². The van der Waals surface area contributed by atoms with Crippen molar-refractivity contribution in [3.63, 3.8) is 0 Å². The predicted molar refractivity (Wildman–Crippen MR) is 132 cm³/mol. The second-order valence-electron chi connectivity index (χ2n) is 8.35. The van der Waals surface area contributed by atoms with Gasteiger partial charge in [0, 0.05) is 23.7 Å². The van der Waals surface area contributed by atoms with Crippen LogP contribution in [0.1, 0.15) is 56.3 Å². The average Bonchev–Trinajstić information content (AvgIpc) is 3.34. The van der Waals surface area contributed by atoms with Crippen molar-refractivity contribution in [2.45, 2.75) is 56.9 Å². The summed E-state index contributed by atoms with van der Waals surface area (Å²) in [6, 6.07) is 13.1. The minimum absolute atomic E-state index is 0.0313.